The van der Waals surface area contributed by atoms with Gasteiger partial charge >= 0.3 is 29.6 Å². The first-order valence-electron chi connectivity index (χ1n) is 2.01. The van der Waals surface area contributed by atoms with Crippen LogP contribution in [0.25, 0.3) is 0 Å². The van der Waals surface area contributed by atoms with E-state index >= 15 is 0 Å². The molecule has 0 amide bonds. The zero-order valence-corrected chi connectivity index (χ0v) is 9.32. The molecule has 10 heavy (non-hydrogen) atoms. The van der Waals surface area contributed by atoms with Crippen molar-refractivity contribution in [3.05, 3.63) is 6.92 Å². The minimum Gasteiger partial charge on any atom is -0.399 e. The van der Waals surface area contributed by atoms with E-state index in [4.69, 9.17) is 18.4 Å². The van der Waals surface area contributed by atoms with Crippen molar-refractivity contribution >= 4 is 20.2 Å². The van der Waals surface area contributed by atoms with E-state index in [0.717, 1.165) is 0 Å². The molecule has 0 fully saturated rings. The molecule has 0 unspecified atom stereocenters. The molecular weight excluding hydrogens is 187 g/mol. The second kappa shape index (κ2) is 10.2. The van der Waals surface area contributed by atoms with Crippen LogP contribution in [-0.4, -0.2) is 25.0 Å². The van der Waals surface area contributed by atoms with Gasteiger partial charge in [0.05, 0.1) is 0 Å². The van der Waals surface area contributed by atoms with Crippen molar-refractivity contribution in [3.8, 4) is 0 Å². The van der Waals surface area contributed by atoms with Crippen LogP contribution in [0.1, 0.15) is 6.42 Å². The second-order valence-electron chi connectivity index (χ2n) is 1.02. The standard InChI is InChI=1S/C3H7O.Na.H2O3S2/c1-2-3-4;;1-5(2,3)4/h4H,1-3H2;;(H2,1,2,3,4)/q-1;+1;. The number of hydrogen-bond donors (Lipinski definition) is 3. The predicted molar refractivity (Wildman–Crippen MR) is 37.8 cm³/mol. The minimum atomic E-state index is -3.83. The Labute approximate surface area is 87.6 Å². The van der Waals surface area contributed by atoms with Crippen LogP contribution in [0.2, 0.25) is 0 Å². The molecule has 0 radical (unpaired) electrons. The molecule has 0 rings (SSSR count). The van der Waals surface area contributed by atoms with E-state index in [1.165, 1.54) is 0 Å². The van der Waals surface area contributed by atoms with Gasteiger partial charge in [0.1, 0.15) is 0 Å². The molecule has 0 saturated heterocycles. The summed E-state index contributed by atoms with van der Waals surface area (Å²) in [6, 6.07) is 0. The van der Waals surface area contributed by atoms with Crippen LogP contribution in [0.4, 0.5) is 0 Å². The van der Waals surface area contributed by atoms with Gasteiger partial charge in [-0.25, -0.2) is 0 Å². The summed E-state index contributed by atoms with van der Waals surface area (Å²) in [6.07, 6.45) is 0.625. The van der Waals surface area contributed by atoms with Gasteiger partial charge < -0.3 is 12.0 Å². The molecule has 0 heterocycles. The van der Waals surface area contributed by atoms with Gasteiger partial charge in [-0.1, -0.05) is 0 Å². The Morgan fingerprint density at radius 2 is 1.60 bits per heavy atom. The minimum absolute atomic E-state index is 0. The fraction of sp³-hybridized carbons (Fsp3) is 0.667. The number of rotatable bonds is 1. The van der Waals surface area contributed by atoms with Crippen LogP contribution in [0.5, 0.6) is 0 Å². The third-order valence-electron chi connectivity index (χ3n) is 0.158. The molecule has 0 atom stereocenters. The third-order valence-corrected chi connectivity index (χ3v) is 0.158. The molecule has 0 saturated carbocycles. The first-order chi connectivity index (χ1) is 3.91. The van der Waals surface area contributed by atoms with Crippen molar-refractivity contribution in [2.75, 3.05) is 6.61 Å². The topological polar surface area (TPSA) is 77.8 Å². The van der Waals surface area contributed by atoms with Crippen molar-refractivity contribution < 1.29 is 48.0 Å². The van der Waals surface area contributed by atoms with E-state index in [9.17, 15) is 0 Å². The van der Waals surface area contributed by atoms with E-state index in [1.807, 2.05) is 0 Å². The van der Waals surface area contributed by atoms with E-state index in [0.29, 0.717) is 6.42 Å². The van der Waals surface area contributed by atoms with E-state index < -0.39 is 9.05 Å². The van der Waals surface area contributed by atoms with Crippen LogP contribution in [0, 0.1) is 6.92 Å². The summed E-state index contributed by atoms with van der Waals surface area (Å²) < 4.78 is 24.0. The zero-order chi connectivity index (χ0) is 7.91. The summed E-state index contributed by atoms with van der Waals surface area (Å²) in [6.45, 7) is 3.56. The van der Waals surface area contributed by atoms with Crippen LogP contribution in [-0.2, 0) is 20.2 Å². The van der Waals surface area contributed by atoms with E-state index in [2.05, 4.69) is 18.1 Å². The first-order valence-corrected chi connectivity index (χ1v) is 4.41. The van der Waals surface area contributed by atoms with Gasteiger partial charge in [-0.05, 0) is 0 Å². The Kier molecular flexibility index (Phi) is 17.8. The van der Waals surface area contributed by atoms with Gasteiger partial charge in [0.2, 0.25) is 0 Å². The molecule has 0 aliphatic rings. The maximum atomic E-state index is 9.11. The van der Waals surface area contributed by atoms with Gasteiger partial charge in [0.15, 0.2) is 0 Å². The van der Waals surface area contributed by atoms with Crippen molar-refractivity contribution in [1.82, 2.24) is 0 Å². The third kappa shape index (κ3) is 124. The average molecular weight is 196 g/mol. The first kappa shape index (κ1) is 17.4. The summed E-state index contributed by atoms with van der Waals surface area (Å²) in [5.41, 5.74) is 0. The zero-order valence-electron chi connectivity index (χ0n) is 5.69. The van der Waals surface area contributed by atoms with Crippen molar-refractivity contribution in [3.63, 3.8) is 0 Å². The van der Waals surface area contributed by atoms with Gasteiger partial charge in [-0.15, -0.1) is 0 Å². The molecule has 0 aliphatic carbocycles. The molecule has 0 aromatic carbocycles. The van der Waals surface area contributed by atoms with Crippen molar-refractivity contribution in [2.24, 2.45) is 0 Å². The predicted octanol–water partition coefficient (Wildman–Crippen LogP) is -3.11. The Bertz CT molecular complexity index is 121. The van der Waals surface area contributed by atoms with Gasteiger partial charge in [0, 0.05) is 17.8 Å². The molecule has 4 nitrogen and oxygen atoms in total. The van der Waals surface area contributed by atoms with Crippen molar-refractivity contribution in [2.45, 2.75) is 6.42 Å². The van der Waals surface area contributed by atoms with Crippen LogP contribution in [0.15, 0.2) is 0 Å². The van der Waals surface area contributed by atoms with Crippen molar-refractivity contribution in [1.29, 1.82) is 0 Å². The van der Waals surface area contributed by atoms with Crippen LogP contribution >= 0.6 is 0 Å². The fourth-order valence-corrected chi connectivity index (χ4v) is 0. The SMILES string of the molecule is O=S(O)(O)=S.[CH2-]CCO.[Na+]. The monoisotopic (exact) mass is 196 g/mol. The smallest absolute Gasteiger partial charge is 0.399 e. The Morgan fingerprint density at radius 1 is 1.50 bits per heavy atom. The summed E-state index contributed by atoms with van der Waals surface area (Å²) in [7, 11) is -3.83. The second-order valence-corrected chi connectivity index (χ2v) is 3.22. The number of aliphatic hydroxyl groups excluding tert-OH is 1. The average Bonchev–Trinajstić information content (AvgIpc) is 1.61. The Balaban J connectivity index is -0.0000000910. The summed E-state index contributed by atoms with van der Waals surface area (Å²) in [5, 5.41) is 7.81. The molecule has 7 heteroatoms. The fourth-order valence-electron chi connectivity index (χ4n) is 0. The Morgan fingerprint density at radius 3 is 1.60 bits per heavy atom. The van der Waals surface area contributed by atoms with Gasteiger partial charge in [-0.3, -0.25) is 9.11 Å². The number of hydrogen-bond acceptors (Lipinski definition) is 3. The van der Waals surface area contributed by atoms with Crippen LogP contribution in [0.3, 0.4) is 0 Å². The molecule has 58 valence electrons. The van der Waals surface area contributed by atoms with E-state index in [-0.39, 0.29) is 36.2 Å². The summed E-state index contributed by atoms with van der Waals surface area (Å²) in [4.78, 5) is 0. The maximum Gasteiger partial charge on any atom is 1.00 e. The van der Waals surface area contributed by atoms with Crippen LogP contribution < -0.4 is 29.6 Å². The molecule has 0 aromatic heterocycles. The quantitative estimate of drug-likeness (QED) is 0.305. The number of aliphatic hydroxyl groups is 1. The molecule has 0 spiro atoms. The molecule has 0 bridgehead atoms. The maximum absolute atomic E-state index is 9.11. The molecule has 0 aromatic rings. The molecular formula is C3H9NaO4S2. The summed E-state index contributed by atoms with van der Waals surface area (Å²) >= 11 is 3.47. The summed E-state index contributed by atoms with van der Waals surface area (Å²) in [5.74, 6) is 0. The largest absolute Gasteiger partial charge is 1.00 e. The normalized spacial score (nSPS) is 8.80. The molecule has 0 aliphatic heterocycles. The molecule has 3 N–H and O–H groups in total. The van der Waals surface area contributed by atoms with E-state index in [1.54, 1.807) is 0 Å². The Hall–Kier alpha value is 1.25. The van der Waals surface area contributed by atoms with Gasteiger partial charge in [0.25, 0.3) is 9.05 Å². The van der Waals surface area contributed by atoms with Gasteiger partial charge in [-0.2, -0.15) is 10.6 Å².